The number of nitrogens with two attached hydrogens (primary N) is 1. The van der Waals surface area contributed by atoms with Gasteiger partial charge in [0, 0.05) is 5.54 Å². The largest absolute Gasteiger partial charge is 0.322 e. The van der Waals surface area contributed by atoms with Gasteiger partial charge in [0.15, 0.2) is 0 Å². The van der Waals surface area contributed by atoms with Crippen LogP contribution in [-0.4, -0.2) is 0 Å². The second kappa shape index (κ2) is 3.08. The molecule has 0 radical (unpaired) electrons. The third-order valence-electron chi connectivity index (χ3n) is 2.55. The van der Waals surface area contributed by atoms with Gasteiger partial charge in [-0.2, -0.15) is 0 Å². The fourth-order valence-electron chi connectivity index (χ4n) is 1.82. The van der Waals surface area contributed by atoms with E-state index in [2.05, 4.69) is 31.2 Å². The molecule has 2 rings (SSSR count). The van der Waals surface area contributed by atoms with Crippen LogP contribution in [0.5, 0.6) is 0 Å². The standard InChI is InChI=1S/C10H13N.ClH/c1-10(11)7-6-8-4-2-3-5-9(8)10;/h2-5H,6-7,11H2,1H3;1H. The Morgan fingerprint density at radius 2 is 2.00 bits per heavy atom. The van der Waals surface area contributed by atoms with Crippen molar-refractivity contribution < 1.29 is 0 Å². The van der Waals surface area contributed by atoms with Crippen molar-refractivity contribution in [3.8, 4) is 0 Å². The molecule has 0 bridgehead atoms. The number of rotatable bonds is 0. The Kier molecular flexibility index (Phi) is 2.45. The van der Waals surface area contributed by atoms with Gasteiger partial charge in [-0.25, -0.2) is 0 Å². The predicted molar refractivity (Wildman–Crippen MR) is 53.6 cm³/mol. The fourth-order valence-corrected chi connectivity index (χ4v) is 1.82. The van der Waals surface area contributed by atoms with Crippen LogP contribution in [0, 0.1) is 0 Å². The predicted octanol–water partition coefficient (Wildman–Crippen LogP) is 2.23. The normalized spacial score (nSPS) is 26.2. The van der Waals surface area contributed by atoms with Crippen molar-refractivity contribution in [1.29, 1.82) is 0 Å². The molecule has 1 aromatic carbocycles. The first-order valence-corrected chi connectivity index (χ1v) is 4.07. The molecule has 0 aromatic heterocycles. The van der Waals surface area contributed by atoms with Crippen LogP contribution in [0.2, 0.25) is 0 Å². The van der Waals surface area contributed by atoms with E-state index in [-0.39, 0.29) is 17.9 Å². The molecule has 1 nitrogen and oxygen atoms in total. The van der Waals surface area contributed by atoms with Crippen LogP contribution in [0.25, 0.3) is 0 Å². The molecule has 1 atom stereocenters. The summed E-state index contributed by atoms with van der Waals surface area (Å²) in [7, 11) is 0. The number of fused-ring (bicyclic) bond motifs is 1. The lowest BCUT2D eigenvalue weighted by atomic mass is 9.96. The van der Waals surface area contributed by atoms with Crippen molar-refractivity contribution in [2.75, 3.05) is 0 Å². The lowest BCUT2D eigenvalue weighted by Gasteiger charge is -2.18. The number of halogens is 1. The number of aryl methyl sites for hydroxylation is 1. The minimum absolute atomic E-state index is 0. The van der Waals surface area contributed by atoms with Crippen LogP contribution in [-0.2, 0) is 12.0 Å². The van der Waals surface area contributed by atoms with Gasteiger partial charge in [0.05, 0.1) is 0 Å². The van der Waals surface area contributed by atoms with E-state index in [4.69, 9.17) is 5.73 Å². The average molecular weight is 184 g/mol. The zero-order valence-corrected chi connectivity index (χ0v) is 8.03. The van der Waals surface area contributed by atoms with Gasteiger partial charge in [0.25, 0.3) is 0 Å². The van der Waals surface area contributed by atoms with Gasteiger partial charge in [0.2, 0.25) is 0 Å². The summed E-state index contributed by atoms with van der Waals surface area (Å²) in [5.74, 6) is 0. The molecule has 1 unspecified atom stereocenters. The van der Waals surface area contributed by atoms with Gasteiger partial charge < -0.3 is 5.73 Å². The Bertz CT molecular complexity index is 281. The Morgan fingerprint density at radius 1 is 1.33 bits per heavy atom. The van der Waals surface area contributed by atoms with Crippen molar-refractivity contribution in [2.24, 2.45) is 5.73 Å². The van der Waals surface area contributed by atoms with Crippen molar-refractivity contribution in [1.82, 2.24) is 0 Å². The van der Waals surface area contributed by atoms with Crippen LogP contribution in [0.15, 0.2) is 24.3 Å². The van der Waals surface area contributed by atoms with Crippen LogP contribution in [0.1, 0.15) is 24.5 Å². The second-order valence-electron chi connectivity index (χ2n) is 3.57. The van der Waals surface area contributed by atoms with Gasteiger partial charge in [-0.1, -0.05) is 24.3 Å². The molecule has 1 aliphatic rings. The highest BCUT2D eigenvalue weighted by Crippen LogP contribution is 2.33. The average Bonchev–Trinajstić information content (AvgIpc) is 2.29. The number of hydrogen-bond donors (Lipinski definition) is 1. The minimum atomic E-state index is -0.0728. The molecule has 0 aliphatic heterocycles. The highest BCUT2D eigenvalue weighted by Gasteiger charge is 2.29. The maximum absolute atomic E-state index is 6.09. The molecule has 2 N–H and O–H groups in total. The van der Waals surface area contributed by atoms with E-state index in [0.717, 1.165) is 12.8 Å². The summed E-state index contributed by atoms with van der Waals surface area (Å²) in [6.07, 6.45) is 2.23. The highest BCUT2D eigenvalue weighted by atomic mass is 35.5. The molecule has 2 heteroatoms. The molecule has 1 aliphatic carbocycles. The summed E-state index contributed by atoms with van der Waals surface area (Å²) in [5.41, 5.74) is 8.78. The van der Waals surface area contributed by atoms with Crippen molar-refractivity contribution in [3.63, 3.8) is 0 Å². The lowest BCUT2D eigenvalue weighted by Crippen LogP contribution is -2.29. The Labute approximate surface area is 79.4 Å². The number of benzene rings is 1. The molecular weight excluding hydrogens is 170 g/mol. The third kappa shape index (κ3) is 1.35. The maximum atomic E-state index is 6.09. The quantitative estimate of drug-likeness (QED) is 0.656. The molecule has 0 saturated carbocycles. The zero-order chi connectivity index (χ0) is 7.90. The molecule has 0 spiro atoms. The topological polar surface area (TPSA) is 26.0 Å². The van der Waals surface area contributed by atoms with Gasteiger partial charge in [0.1, 0.15) is 0 Å². The molecule has 1 aromatic rings. The lowest BCUT2D eigenvalue weighted by molar-refractivity contribution is 0.492. The fraction of sp³-hybridized carbons (Fsp3) is 0.400. The van der Waals surface area contributed by atoms with Crippen LogP contribution < -0.4 is 5.73 Å². The summed E-state index contributed by atoms with van der Waals surface area (Å²) >= 11 is 0. The molecular formula is C10H14ClN. The van der Waals surface area contributed by atoms with Crippen molar-refractivity contribution in [2.45, 2.75) is 25.3 Å². The SMILES string of the molecule is CC1(N)CCc2ccccc21.Cl. The van der Waals surface area contributed by atoms with Gasteiger partial charge >= 0.3 is 0 Å². The molecule has 0 saturated heterocycles. The van der Waals surface area contributed by atoms with Crippen LogP contribution >= 0.6 is 12.4 Å². The van der Waals surface area contributed by atoms with Crippen molar-refractivity contribution >= 4 is 12.4 Å². The van der Waals surface area contributed by atoms with Gasteiger partial charge in [-0.15, -0.1) is 12.4 Å². The first-order valence-electron chi connectivity index (χ1n) is 4.07. The summed E-state index contributed by atoms with van der Waals surface area (Å²) in [4.78, 5) is 0. The molecule has 66 valence electrons. The van der Waals surface area contributed by atoms with E-state index < -0.39 is 0 Å². The van der Waals surface area contributed by atoms with Crippen molar-refractivity contribution in [3.05, 3.63) is 35.4 Å². The molecule has 0 fully saturated rings. The molecule has 0 amide bonds. The van der Waals surface area contributed by atoms with E-state index >= 15 is 0 Å². The third-order valence-corrected chi connectivity index (χ3v) is 2.55. The van der Waals surface area contributed by atoms with Crippen LogP contribution in [0.3, 0.4) is 0 Å². The summed E-state index contributed by atoms with van der Waals surface area (Å²) in [6, 6.07) is 8.46. The van der Waals surface area contributed by atoms with E-state index in [9.17, 15) is 0 Å². The Morgan fingerprint density at radius 3 is 2.67 bits per heavy atom. The Balaban J connectivity index is 0.000000720. The Hall–Kier alpha value is -0.530. The van der Waals surface area contributed by atoms with E-state index in [0.29, 0.717) is 0 Å². The zero-order valence-electron chi connectivity index (χ0n) is 7.21. The summed E-state index contributed by atoms with van der Waals surface area (Å²) < 4.78 is 0. The summed E-state index contributed by atoms with van der Waals surface area (Å²) in [5, 5.41) is 0. The monoisotopic (exact) mass is 183 g/mol. The highest BCUT2D eigenvalue weighted by molar-refractivity contribution is 5.85. The molecule has 0 heterocycles. The smallest absolute Gasteiger partial charge is 0.0386 e. The first-order chi connectivity index (χ1) is 5.20. The van der Waals surface area contributed by atoms with E-state index in [1.165, 1.54) is 11.1 Å². The number of hydrogen-bond acceptors (Lipinski definition) is 1. The minimum Gasteiger partial charge on any atom is -0.322 e. The van der Waals surface area contributed by atoms with Gasteiger partial charge in [-0.3, -0.25) is 0 Å². The summed E-state index contributed by atoms with van der Waals surface area (Å²) in [6.45, 7) is 2.11. The van der Waals surface area contributed by atoms with E-state index in [1.807, 2.05) is 0 Å². The maximum Gasteiger partial charge on any atom is 0.0386 e. The molecule has 12 heavy (non-hydrogen) atoms. The van der Waals surface area contributed by atoms with E-state index in [1.54, 1.807) is 0 Å². The second-order valence-corrected chi connectivity index (χ2v) is 3.57. The first kappa shape index (κ1) is 9.56. The van der Waals surface area contributed by atoms with Gasteiger partial charge in [-0.05, 0) is 30.9 Å². The van der Waals surface area contributed by atoms with Crippen LogP contribution in [0.4, 0.5) is 0 Å².